The van der Waals surface area contributed by atoms with Crippen molar-refractivity contribution >= 4 is 17.4 Å². The second kappa shape index (κ2) is 5.34. The van der Waals surface area contributed by atoms with Crippen LogP contribution >= 0.6 is 11.8 Å². The summed E-state index contributed by atoms with van der Waals surface area (Å²) < 4.78 is 1.84. The minimum atomic E-state index is 0.170. The van der Waals surface area contributed by atoms with Crippen LogP contribution in [0.4, 0.5) is 5.69 Å². The van der Waals surface area contributed by atoms with Crippen molar-refractivity contribution in [2.24, 2.45) is 7.05 Å². The molecule has 110 valence electrons. The molecule has 0 aliphatic carbocycles. The third kappa shape index (κ3) is 2.19. The first kappa shape index (κ1) is 13.1. The normalized spacial score (nSPS) is 17.3. The van der Waals surface area contributed by atoms with E-state index >= 15 is 0 Å². The molecule has 6 nitrogen and oxygen atoms in total. The maximum absolute atomic E-state index is 4.62. The summed E-state index contributed by atoms with van der Waals surface area (Å²) in [4.78, 5) is 6.30. The van der Waals surface area contributed by atoms with Gasteiger partial charge in [0.2, 0.25) is 0 Å². The van der Waals surface area contributed by atoms with Gasteiger partial charge in [0, 0.05) is 49.2 Å². The molecule has 0 spiro atoms. The fourth-order valence-electron chi connectivity index (χ4n) is 2.54. The minimum Gasteiger partial charge on any atom is -0.327 e. The number of hydrogen-bond acceptors (Lipinski definition) is 5. The van der Waals surface area contributed by atoms with Crippen LogP contribution in [-0.2, 0) is 7.05 Å². The summed E-state index contributed by atoms with van der Waals surface area (Å²) in [6.07, 6.45) is 11.5. The molecule has 7 heteroatoms. The molecule has 3 aromatic heterocycles. The Labute approximate surface area is 131 Å². The topological polar surface area (TPSA) is 62.6 Å². The largest absolute Gasteiger partial charge is 0.327 e. The lowest BCUT2D eigenvalue weighted by Crippen LogP contribution is -2.16. The monoisotopic (exact) mass is 310 g/mol. The van der Waals surface area contributed by atoms with Gasteiger partial charge in [0.1, 0.15) is 11.1 Å². The summed E-state index contributed by atoms with van der Waals surface area (Å²) in [5.41, 5.74) is 4.22. The third-order valence-corrected chi connectivity index (χ3v) is 4.56. The first-order valence-corrected chi connectivity index (χ1v) is 7.80. The van der Waals surface area contributed by atoms with Crippen LogP contribution in [0, 0.1) is 0 Å². The molecule has 4 rings (SSSR count). The molecular weight excluding hydrogens is 296 g/mol. The van der Waals surface area contributed by atoms with Crippen molar-refractivity contribution in [3.63, 3.8) is 0 Å². The van der Waals surface area contributed by atoms with Crippen LogP contribution < -0.4 is 4.90 Å². The van der Waals surface area contributed by atoms with Gasteiger partial charge in [-0.05, 0) is 17.5 Å². The summed E-state index contributed by atoms with van der Waals surface area (Å²) in [6.45, 7) is 0. The van der Waals surface area contributed by atoms with Gasteiger partial charge in [0.05, 0.1) is 11.9 Å². The number of thioether (sulfide) groups is 1. The maximum atomic E-state index is 4.62. The van der Waals surface area contributed by atoms with E-state index in [0.29, 0.717) is 0 Å². The Balaban J connectivity index is 1.78. The van der Waals surface area contributed by atoms with Crippen molar-refractivity contribution in [2.75, 3.05) is 4.90 Å². The molecule has 0 fully saturated rings. The van der Waals surface area contributed by atoms with Crippen LogP contribution in [0.5, 0.6) is 0 Å². The molecule has 0 saturated carbocycles. The van der Waals surface area contributed by atoms with E-state index in [1.165, 1.54) is 0 Å². The zero-order valence-corrected chi connectivity index (χ0v) is 12.7. The van der Waals surface area contributed by atoms with Gasteiger partial charge in [0.15, 0.2) is 0 Å². The number of nitrogens with zero attached hydrogens (tertiary/aromatic N) is 5. The fraction of sp³-hybridized carbons (Fsp3) is 0.133. The highest BCUT2D eigenvalue weighted by molar-refractivity contribution is 8.02. The van der Waals surface area contributed by atoms with E-state index in [1.807, 2.05) is 42.5 Å². The third-order valence-electron chi connectivity index (χ3n) is 3.53. The zero-order chi connectivity index (χ0) is 14.9. The number of H-pyrrole nitrogens is 1. The lowest BCUT2D eigenvalue weighted by molar-refractivity contribution is 0.770. The van der Waals surface area contributed by atoms with Gasteiger partial charge in [-0.3, -0.25) is 14.8 Å². The molecule has 1 atom stereocenters. The van der Waals surface area contributed by atoms with Gasteiger partial charge in [-0.1, -0.05) is 0 Å². The van der Waals surface area contributed by atoms with Crippen molar-refractivity contribution in [1.29, 1.82) is 0 Å². The van der Waals surface area contributed by atoms with Gasteiger partial charge in [-0.2, -0.15) is 10.2 Å². The Morgan fingerprint density at radius 1 is 1.27 bits per heavy atom. The summed E-state index contributed by atoms with van der Waals surface area (Å²) >= 11 is 1.75. The van der Waals surface area contributed by atoms with Crippen LogP contribution in [0.25, 0.3) is 11.3 Å². The van der Waals surface area contributed by atoms with Crippen molar-refractivity contribution in [1.82, 2.24) is 25.0 Å². The molecule has 0 radical (unpaired) electrons. The van der Waals surface area contributed by atoms with Gasteiger partial charge < -0.3 is 4.90 Å². The van der Waals surface area contributed by atoms with E-state index in [4.69, 9.17) is 0 Å². The van der Waals surface area contributed by atoms with Crippen LogP contribution in [-0.4, -0.2) is 25.0 Å². The molecule has 0 aromatic carbocycles. The van der Waals surface area contributed by atoms with E-state index in [0.717, 1.165) is 22.5 Å². The first-order valence-electron chi connectivity index (χ1n) is 6.86. The molecule has 0 bridgehead atoms. The molecule has 1 aliphatic rings. The van der Waals surface area contributed by atoms with Gasteiger partial charge in [0.25, 0.3) is 0 Å². The molecular formula is C15H14N6S. The summed E-state index contributed by atoms with van der Waals surface area (Å²) in [7, 11) is 1.94. The second-order valence-corrected chi connectivity index (χ2v) is 5.98. The number of pyridine rings is 1. The predicted octanol–water partition coefficient (Wildman–Crippen LogP) is 2.93. The molecule has 3 aromatic rings. The molecule has 4 heterocycles. The lowest BCUT2D eigenvalue weighted by atomic mass is 10.1. The summed E-state index contributed by atoms with van der Waals surface area (Å²) in [5.74, 6) is 0. The fourth-order valence-corrected chi connectivity index (χ4v) is 3.49. The van der Waals surface area contributed by atoms with E-state index < -0.39 is 0 Å². The van der Waals surface area contributed by atoms with Crippen LogP contribution in [0.2, 0.25) is 0 Å². The Morgan fingerprint density at radius 3 is 2.91 bits per heavy atom. The number of aryl methyl sites for hydroxylation is 1. The number of hydrogen-bond donors (Lipinski definition) is 1. The van der Waals surface area contributed by atoms with E-state index in [1.54, 1.807) is 24.2 Å². The van der Waals surface area contributed by atoms with Crippen molar-refractivity contribution in [3.05, 3.63) is 60.3 Å². The lowest BCUT2D eigenvalue weighted by Gasteiger charge is -2.23. The second-order valence-electron chi connectivity index (χ2n) is 4.99. The van der Waals surface area contributed by atoms with Crippen LogP contribution in [0.3, 0.4) is 0 Å². The molecule has 1 unspecified atom stereocenters. The van der Waals surface area contributed by atoms with Crippen LogP contribution in [0.15, 0.2) is 54.7 Å². The molecule has 1 N–H and O–H groups in total. The SMILES string of the molecule is Cn1cc(N2C=CSC2c2cn[nH]c2)c(-c2ccncc2)n1. The zero-order valence-electron chi connectivity index (χ0n) is 11.9. The number of anilines is 1. The Kier molecular flexibility index (Phi) is 3.19. The molecule has 0 saturated heterocycles. The predicted molar refractivity (Wildman–Crippen MR) is 87.0 cm³/mol. The van der Waals surface area contributed by atoms with Gasteiger partial charge >= 0.3 is 0 Å². The van der Waals surface area contributed by atoms with Crippen molar-refractivity contribution < 1.29 is 0 Å². The van der Waals surface area contributed by atoms with E-state index in [-0.39, 0.29) is 5.37 Å². The minimum absolute atomic E-state index is 0.170. The first-order chi connectivity index (χ1) is 10.8. The van der Waals surface area contributed by atoms with Crippen molar-refractivity contribution in [3.8, 4) is 11.3 Å². The number of aromatic amines is 1. The molecule has 22 heavy (non-hydrogen) atoms. The highest BCUT2D eigenvalue weighted by Gasteiger charge is 2.27. The Bertz CT molecular complexity index is 793. The summed E-state index contributed by atoms with van der Waals surface area (Å²) in [6, 6.07) is 3.96. The highest BCUT2D eigenvalue weighted by Crippen LogP contribution is 2.44. The molecule has 0 amide bonds. The number of aromatic nitrogens is 5. The average molecular weight is 310 g/mol. The van der Waals surface area contributed by atoms with Crippen LogP contribution in [0.1, 0.15) is 10.9 Å². The average Bonchev–Trinajstić information content (AvgIpc) is 3.27. The smallest absolute Gasteiger partial charge is 0.116 e. The van der Waals surface area contributed by atoms with Gasteiger partial charge in [-0.25, -0.2) is 0 Å². The van der Waals surface area contributed by atoms with Crippen molar-refractivity contribution in [2.45, 2.75) is 5.37 Å². The summed E-state index contributed by atoms with van der Waals surface area (Å²) in [5, 5.41) is 13.8. The molecule has 1 aliphatic heterocycles. The van der Waals surface area contributed by atoms with E-state index in [2.05, 4.69) is 36.8 Å². The number of rotatable bonds is 3. The Hall–Kier alpha value is -2.54. The highest BCUT2D eigenvalue weighted by atomic mass is 32.2. The standard InChI is InChI=1S/C15H14N6S/c1-20-10-13(14(19-20)11-2-4-16-5-3-11)21-6-7-22-15(21)12-8-17-18-9-12/h2-10,15H,1H3,(H,17,18). The Morgan fingerprint density at radius 2 is 2.14 bits per heavy atom. The number of nitrogens with one attached hydrogen (secondary N) is 1. The maximum Gasteiger partial charge on any atom is 0.116 e. The van der Waals surface area contributed by atoms with Gasteiger partial charge in [-0.15, -0.1) is 11.8 Å². The quantitative estimate of drug-likeness (QED) is 0.806. The van der Waals surface area contributed by atoms with E-state index in [9.17, 15) is 0 Å².